The van der Waals surface area contributed by atoms with Crippen LogP contribution in [0.1, 0.15) is 24.0 Å². The van der Waals surface area contributed by atoms with Crippen molar-refractivity contribution in [3.63, 3.8) is 0 Å². The van der Waals surface area contributed by atoms with Crippen molar-refractivity contribution in [3.05, 3.63) is 65.7 Å². The molecule has 1 heterocycles. The molecule has 1 aliphatic heterocycles. The fourth-order valence-electron chi connectivity index (χ4n) is 4.81. The van der Waals surface area contributed by atoms with Crippen molar-refractivity contribution in [1.82, 2.24) is 4.90 Å². The molecule has 1 saturated carbocycles. The van der Waals surface area contributed by atoms with Gasteiger partial charge in [0.05, 0.1) is 5.60 Å². The van der Waals surface area contributed by atoms with Gasteiger partial charge in [-0.05, 0) is 54.4 Å². The topological polar surface area (TPSA) is 43.7 Å². The quantitative estimate of drug-likeness (QED) is 0.880. The Morgan fingerprint density at radius 3 is 2.16 bits per heavy atom. The predicted octanol–water partition coefficient (Wildman–Crippen LogP) is 3.25. The lowest BCUT2D eigenvalue weighted by Crippen LogP contribution is -2.32. The van der Waals surface area contributed by atoms with Gasteiger partial charge in [-0.3, -0.25) is 0 Å². The third kappa shape index (κ3) is 3.88. The molecule has 0 amide bonds. The first-order chi connectivity index (χ1) is 12.1. The monoisotopic (exact) mass is 337 g/mol. The molecule has 3 nitrogen and oxygen atoms in total. The summed E-state index contributed by atoms with van der Waals surface area (Å²) in [6, 6.07) is 17.9. The first-order valence-electron chi connectivity index (χ1n) is 9.36. The van der Waals surface area contributed by atoms with E-state index >= 15 is 0 Å². The van der Waals surface area contributed by atoms with E-state index in [0.717, 1.165) is 45.3 Å². The van der Waals surface area contributed by atoms with Crippen LogP contribution in [0.5, 0.6) is 5.75 Å². The fourth-order valence-corrected chi connectivity index (χ4v) is 4.81. The standard InChI is InChI=1S/C22H27NO2/c24-21-8-6-17(7-9-21)10-11-23-15-19-13-22(25,14-20(19)16-23)12-18-4-2-1-3-5-18/h1-9,19-20,24-25H,10-16H2. The predicted molar refractivity (Wildman–Crippen MR) is 99.6 cm³/mol. The molecule has 3 heteroatoms. The van der Waals surface area contributed by atoms with E-state index in [4.69, 9.17) is 0 Å². The number of benzene rings is 2. The summed E-state index contributed by atoms with van der Waals surface area (Å²) in [4.78, 5) is 2.55. The Morgan fingerprint density at radius 1 is 0.880 bits per heavy atom. The number of likely N-dealkylation sites (tertiary alicyclic amines) is 1. The first-order valence-corrected chi connectivity index (χ1v) is 9.36. The van der Waals surface area contributed by atoms with E-state index in [1.165, 1.54) is 11.1 Å². The average molecular weight is 337 g/mol. The Balaban J connectivity index is 1.29. The molecule has 0 spiro atoms. The third-order valence-electron chi connectivity index (χ3n) is 5.97. The molecule has 0 radical (unpaired) electrons. The zero-order valence-electron chi connectivity index (χ0n) is 14.6. The van der Waals surface area contributed by atoms with Crippen LogP contribution in [0.4, 0.5) is 0 Å². The molecule has 2 atom stereocenters. The van der Waals surface area contributed by atoms with Crippen LogP contribution < -0.4 is 0 Å². The van der Waals surface area contributed by atoms with Crippen molar-refractivity contribution in [2.24, 2.45) is 11.8 Å². The van der Waals surface area contributed by atoms with E-state index in [0.29, 0.717) is 17.6 Å². The minimum Gasteiger partial charge on any atom is -0.508 e. The highest BCUT2D eigenvalue weighted by atomic mass is 16.3. The highest BCUT2D eigenvalue weighted by Gasteiger charge is 2.47. The normalized spacial score (nSPS) is 29.0. The maximum Gasteiger partial charge on any atom is 0.115 e. The number of aromatic hydroxyl groups is 1. The van der Waals surface area contributed by atoms with Crippen LogP contribution in [0.3, 0.4) is 0 Å². The summed E-state index contributed by atoms with van der Waals surface area (Å²) in [6.45, 7) is 3.29. The van der Waals surface area contributed by atoms with Gasteiger partial charge in [0.25, 0.3) is 0 Å². The number of nitrogens with zero attached hydrogens (tertiary/aromatic N) is 1. The van der Waals surface area contributed by atoms with Gasteiger partial charge in [-0.15, -0.1) is 0 Å². The fraction of sp³-hybridized carbons (Fsp3) is 0.455. The largest absolute Gasteiger partial charge is 0.508 e. The summed E-state index contributed by atoms with van der Waals surface area (Å²) in [7, 11) is 0. The third-order valence-corrected chi connectivity index (χ3v) is 5.97. The van der Waals surface area contributed by atoms with E-state index < -0.39 is 5.60 Å². The summed E-state index contributed by atoms with van der Waals surface area (Å²) in [5, 5.41) is 20.4. The van der Waals surface area contributed by atoms with Crippen LogP contribution in [-0.4, -0.2) is 40.3 Å². The number of phenolic OH excluding ortho intramolecular Hbond substituents is 1. The van der Waals surface area contributed by atoms with Crippen molar-refractivity contribution >= 4 is 0 Å². The second-order valence-corrected chi connectivity index (χ2v) is 7.99. The zero-order chi connectivity index (χ0) is 17.3. The minimum absolute atomic E-state index is 0.331. The van der Waals surface area contributed by atoms with E-state index in [2.05, 4.69) is 29.2 Å². The maximum absolute atomic E-state index is 11.0. The molecule has 25 heavy (non-hydrogen) atoms. The molecule has 2 aromatic carbocycles. The highest BCUT2D eigenvalue weighted by molar-refractivity contribution is 5.26. The zero-order valence-corrected chi connectivity index (χ0v) is 14.6. The lowest BCUT2D eigenvalue weighted by Gasteiger charge is -2.26. The molecule has 2 aliphatic rings. The second kappa shape index (κ2) is 6.81. The molecule has 2 aromatic rings. The van der Waals surface area contributed by atoms with Gasteiger partial charge in [-0.25, -0.2) is 0 Å². The van der Waals surface area contributed by atoms with E-state index in [9.17, 15) is 10.2 Å². The Labute approximate surface area is 149 Å². The van der Waals surface area contributed by atoms with Crippen LogP contribution >= 0.6 is 0 Å². The first kappa shape index (κ1) is 16.6. The van der Waals surface area contributed by atoms with Gasteiger partial charge < -0.3 is 15.1 Å². The highest BCUT2D eigenvalue weighted by Crippen LogP contribution is 2.45. The Kier molecular flexibility index (Phi) is 4.53. The van der Waals surface area contributed by atoms with Crippen molar-refractivity contribution in [2.45, 2.75) is 31.3 Å². The molecule has 2 fully saturated rings. The SMILES string of the molecule is Oc1ccc(CCN2CC3CC(O)(Cc4ccccc4)CC3C2)cc1. The summed E-state index contributed by atoms with van der Waals surface area (Å²) in [5.41, 5.74) is 2.00. The number of hydrogen-bond donors (Lipinski definition) is 2. The van der Waals surface area contributed by atoms with Crippen molar-refractivity contribution in [3.8, 4) is 5.75 Å². The molecule has 0 aromatic heterocycles. The molecular formula is C22H27NO2. The lowest BCUT2D eigenvalue weighted by molar-refractivity contribution is 0.0355. The van der Waals surface area contributed by atoms with Crippen molar-refractivity contribution in [2.75, 3.05) is 19.6 Å². The number of aliphatic hydroxyl groups is 1. The van der Waals surface area contributed by atoms with E-state index in [-0.39, 0.29) is 0 Å². The smallest absolute Gasteiger partial charge is 0.115 e. The number of rotatable bonds is 5. The van der Waals surface area contributed by atoms with Gasteiger partial charge in [0.2, 0.25) is 0 Å². The second-order valence-electron chi connectivity index (χ2n) is 7.99. The van der Waals surface area contributed by atoms with Crippen LogP contribution in [0.15, 0.2) is 54.6 Å². The van der Waals surface area contributed by atoms with Crippen LogP contribution in [0, 0.1) is 11.8 Å². The number of phenols is 1. The molecule has 132 valence electrons. The van der Waals surface area contributed by atoms with Crippen LogP contribution in [0.2, 0.25) is 0 Å². The molecule has 4 rings (SSSR count). The van der Waals surface area contributed by atoms with Gasteiger partial charge in [-0.2, -0.15) is 0 Å². The molecule has 2 unspecified atom stereocenters. The molecule has 1 saturated heterocycles. The minimum atomic E-state index is -0.514. The van der Waals surface area contributed by atoms with Gasteiger partial charge in [-0.1, -0.05) is 42.5 Å². The van der Waals surface area contributed by atoms with Gasteiger partial charge >= 0.3 is 0 Å². The number of hydrogen-bond acceptors (Lipinski definition) is 3. The Morgan fingerprint density at radius 2 is 1.52 bits per heavy atom. The van der Waals surface area contributed by atoms with Gasteiger partial charge in [0, 0.05) is 26.1 Å². The molecule has 1 aliphatic carbocycles. The lowest BCUT2D eigenvalue weighted by atomic mass is 9.91. The molecule has 0 bridgehead atoms. The summed E-state index contributed by atoms with van der Waals surface area (Å²) >= 11 is 0. The Hall–Kier alpha value is -1.84. The van der Waals surface area contributed by atoms with E-state index in [1.54, 1.807) is 12.1 Å². The maximum atomic E-state index is 11.0. The number of fused-ring (bicyclic) bond motifs is 1. The summed E-state index contributed by atoms with van der Waals surface area (Å²) in [6.07, 6.45) is 3.67. The average Bonchev–Trinajstić information content (AvgIpc) is 3.09. The Bertz CT molecular complexity index is 684. The van der Waals surface area contributed by atoms with E-state index in [1.807, 2.05) is 18.2 Å². The summed E-state index contributed by atoms with van der Waals surface area (Å²) in [5.74, 6) is 1.60. The van der Waals surface area contributed by atoms with Gasteiger partial charge in [0.1, 0.15) is 5.75 Å². The van der Waals surface area contributed by atoms with Gasteiger partial charge in [0.15, 0.2) is 0 Å². The molecule has 2 N–H and O–H groups in total. The van der Waals surface area contributed by atoms with Crippen LogP contribution in [0.25, 0.3) is 0 Å². The summed E-state index contributed by atoms with van der Waals surface area (Å²) < 4.78 is 0. The van der Waals surface area contributed by atoms with Crippen molar-refractivity contribution < 1.29 is 10.2 Å². The van der Waals surface area contributed by atoms with Crippen LogP contribution in [-0.2, 0) is 12.8 Å². The molecular weight excluding hydrogens is 310 g/mol. The van der Waals surface area contributed by atoms with Crippen molar-refractivity contribution in [1.29, 1.82) is 0 Å².